The Morgan fingerprint density at radius 1 is 1.33 bits per heavy atom. The number of nitrogens with one attached hydrogen (secondary N) is 1. The standard InChI is InChI=1S/C9H9F2NO5S/c10-9(11,18(14,15)16)6-17-8(13)12-7-4-2-1-3-5-7/h1-5H,6H2,(H,12,13)(H,14,15,16)/p-1. The summed E-state index contributed by atoms with van der Waals surface area (Å²) in [6, 6.07) is 7.74. The quantitative estimate of drug-likeness (QED) is 0.840. The van der Waals surface area contributed by atoms with Crippen molar-refractivity contribution in [1.82, 2.24) is 0 Å². The maximum absolute atomic E-state index is 12.6. The topological polar surface area (TPSA) is 95.5 Å². The molecule has 1 aromatic carbocycles. The number of carbonyl (C=O) groups is 1. The maximum Gasteiger partial charge on any atom is 0.411 e. The van der Waals surface area contributed by atoms with Crippen molar-refractivity contribution in [2.45, 2.75) is 5.25 Å². The summed E-state index contributed by atoms with van der Waals surface area (Å²) in [4.78, 5) is 11.0. The van der Waals surface area contributed by atoms with E-state index < -0.39 is 28.1 Å². The predicted octanol–water partition coefficient (Wildman–Crippen LogP) is 1.37. The molecule has 0 aliphatic rings. The molecule has 0 radical (unpaired) electrons. The van der Waals surface area contributed by atoms with Gasteiger partial charge in [-0.3, -0.25) is 5.32 Å². The highest BCUT2D eigenvalue weighted by Gasteiger charge is 2.39. The third kappa shape index (κ3) is 3.93. The third-order valence-electron chi connectivity index (χ3n) is 1.76. The molecule has 1 N–H and O–H groups in total. The van der Waals surface area contributed by atoms with Crippen LogP contribution in [0.2, 0.25) is 0 Å². The fourth-order valence-electron chi connectivity index (χ4n) is 0.897. The minimum absolute atomic E-state index is 0.274. The first-order chi connectivity index (χ1) is 8.22. The zero-order valence-corrected chi connectivity index (χ0v) is 9.62. The zero-order valence-electron chi connectivity index (χ0n) is 8.80. The predicted molar refractivity (Wildman–Crippen MR) is 56.1 cm³/mol. The molecule has 0 saturated heterocycles. The minimum atomic E-state index is -5.86. The smallest absolute Gasteiger partial charge is 0.411 e. The van der Waals surface area contributed by atoms with Crippen LogP contribution in [-0.2, 0) is 14.9 Å². The highest BCUT2D eigenvalue weighted by molar-refractivity contribution is 7.86. The van der Waals surface area contributed by atoms with Crippen molar-refractivity contribution < 1.29 is 31.3 Å². The molecule has 1 rings (SSSR count). The van der Waals surface area contributed by atoms with E-state index in [4.69, 9.17) is 0 Å². The summed E-state index contributed by atoms with van der Waals surface area (Å²) in [7, 11) is -5.86. The third-order valence-corrected chi connectivity index (χ3v) is 2.61. The number of para-hydroxylation sites is 1. The van der Waals surface area contributed by atoms with Crippen LogP contribution in [0.5, 0.6) is 0 Å². The molecule has 100 valence electrons. The SMILES string of the molecule is O=C(Nc1ccccc1)OCC(F)(F)S(=O)(=O)[O-]. The molecule has 0 aliphatic heterocycles. The lowest BCUT2D eigenvalue weighted by atomic mass is 10.3. The molecule has 1 amide bonds. The van der Waals surface area contributed by atoms with Gasteiger partial charge in [-0.25, -0.2) is 13.2 Å². The van der Waals surface area contributed by atoms with Crippen LogP contribution in [0.25, 0.3) is 0 Å². The number of halogens is 2. The Balaban J connectivity index is 2.53. The van der Waals surface area contributed by atoms with Crippen molar-refractivity contribution >= 4 is 21.9 Å². The Morgan fingerprint density at radius 3 is 2.39 bits per heavy atom. The number of hydrogen-bond donors (Lipinski definition) is 1. The van der Waals surface area contributed by atoms with Crippen molar-refractivity contribution in [2.24, 2.45) is 0 Å². The molecule has 0 aromatic heterocycles. The van der Waals surface area contributed by atoms with Gasteiger partial charge in [0.1, 0.15) is 0 Å². The summed E-state index contributed by atoms with van der Waals surface area (Å²) < 4.78 is 59.5. The first-order valence-electron chi connectivity index (χ1n) is 4.54. The van der Waals surface area contributed by atoms with E-state index in [2.05, 4.69) is 10.1 Å². The number of hydrogen-bond acceptors (Lipinski definition) is 5. The van der Waals surface area contributed by atoms with Crippen molar-refractivity contribution in [2.75, 3.05) is 11.9 Å². The Hall–Kier alpha value is -1.74. The number of carbonyl (C=O) groups excluding carboxylic acids is 1. The number of rotatable bonds is 4. The molecule has 0 aliphatic carbocycles. The second kappa shape index (κ2) is 5.27. The van der Waals surface area contributed by atoms with Gasteiger partial charge in [0.2, 0.25) is 0 Å². The number of alkyl halides is 2. The summed E-state index contributed by atoms with van der Waals surface area (Å²) in [6.07, 6.45) is -1.29. The molecule has 0 bridgehead atoms. The van der Waals surface area contributed by atoms with E-state index in [1.165, 1.54) is 12.1 Å². The molecule has 6 nitrogen and oxygen atoms in total. The van der Waals surface area contributed by atoms with Gasteiger partial charge >= 0.3 is 11.3 Å². The zero-order chi connectivity index (χ0) is 13.8. The van der Waals surface area contributed by atoms with E-state index in [0.717, 1.165) is 0 Å². The molecule has 0 atom stereocenters. The lowest BCUT2D eigenvalue weighted by Gasteiger charge is -2.19. The number of anilines is 1. The Kier molecular flexibility index (Phi) is 4.19. The lowest BCUT2D eigenvalue weighted by Crippen LogP contribution is -2.35. The lowest BCUT2D eigenvalue weighted by molar-refractivity contribution is 0.0105. The molecule has 0 spiro atoms. The molecular weight excluding hydrogens is 272 g/mol. The van der Waals surface area contributed by atoms with Crippen molar-refractivity contribution in [3.05, 3.63) is 30.3 Å². The number of amides is 1. The molecule has 9 heteroatoms. The molecular formula is C9H8F2NO5S-. The van der Waals surface area contributed by atoms with Crippen LogP contribution in [0, 0.1) is 0 Å². The maximum atomic E-state index is 12.6. The highest BCUT2D eigenvalue weighted by Crippen LogP contribution is 2.20. The second-order valence-corrected chi connectivity index (χ2v) is 4.66. The Bertz CT molecular complexity index is 517. The highest BCUT2D eigenvalue weighted by atomic mass is 32.2. The van der Waals surface area contributed by atoms with E-state index in [0.29, 0.717) is 0 Å². The van der Waals surface area contributed by atoms with Crippen LogP contribution in [0.15, 0.2) is 30.3 Å². The van der Waals surface area contributed by atoms with Gasteiger partial charge in [-0.2, -0.15) is 8.78 Å². The van der Waals surface area contributed by atoms with E-state index in [1.54, 1.807) is 18.2 Å². The molecule has 18 heavy (non-hydrogen) atoms. The van der Waals surface area contributed by atoms with E-state index in [-0.39, 0.29) is 5.69 Å². The second-order valence-electron chi connectivity index (χ2n) is 3.16. The fourth-order valence-corrected chi connectivity index (χ4v) is 1.10. The van der Waals surface area contributed by atoms with Crippen LogP contribution < -0.4 is 5.32 Å². The monoisotopic (exact) mass is 280 g/mol. The van der Waals surface area contributed by atoms with E-state index in [1.807, 2.05) is 0 Å². The summed E-state index contributed by atoms with van der Waals surface area (Å²) in [6.45, 7) is -1.84. The van der Waals surface area contributed by atoms with Gasteiger partial charge in [0, 0.05) is 5.69 Å². The van der Waals surface area contributed by atoms with Gasteiger partial charge in [0.25, 0.3) is 0 Å². The van der Waals surface area contributed by atoms with Gasteiger partial charge in [-0.1, -0.05) is 18.2 Å². The largest absolute Gasteiger partial charge is 0.743 e. The van der Waals surface area contributed by atoms with Gasteiger partial charge < -0.3 is 9.29 Å². The summed E-state index contributed by atoms with van der Waals surface area (Å²) in [5.41, 5.74) is 0.274. The van der Waals surface area contributed by atoms with Crippen LogP contribution >= 0.6 is 0 Å². The summed E-state index contributed by atoms with van der Waals surface area (Å²) in [5, 5.41) is -2.58. The first kappa shape index (κ1) is 14.3. The van der Waals surface area contributed by atoms with Crippen LogP contribution in [0.1, 0.15) is 0 Å². The van der Waals surface area contributed by atoms with Gasteiger partial charge in [-0.15, -0.1) is 0 Å². The number of ether oxygens (including phenoxy) is 1. The summed E-state index contributed by atoms with van der Waals surface area (Å²) >= 11 is 0. The van der Waals surface area contributed by atoms with Crippen molar-refractivity contribution in [1.29, 1.82) is 0 Å². The first-order valence-corrected chi connectivity index (χ1v) is 5.95. The van der Waals surface area contributed by atoms with Gasteiger partial charge in [0.05, 0.1) is 0 Å². The van der Waals surface area contributed by atoms with E-state index >= 15 is 0 Å². The van der Waals surface area contributed by atoms with Gasteiger partial charge in [0.15, 0.2) is 16.7 Å². The van der Waals surface area contributed by atoms with Crippen molar-refractivity contribution in [3.63, 3.8) is 0 Å². The van der Waals surface area contributed by atoms with Crippen molar-refractivity contribution in [3.8, 4) is 0 Å². The van der Waals surface area contributed by atoms with Crippen LogP contribution in [-0.4, -0.2) is 30.9 Å². The summed E-state index contributed by atoms with van der Waals surface area (Å²) in [5.74, 6) is 0. The minimum Gasteiger partial charge on any atom is -0.743 e. The number of benzene rings is 1. The molecule has 0 heterocycles. The average Bonchev–Trinajstić information content (AvgIpc) is 2.26. The molecule has 0 saturated carbocycles. The molecule has 0 unspecified atom stereocenters. The van der Waals surface area contributed by atoms with Crippen LogP contribution in [0.3, 0.4) is 0 Å². The molecule has 0 fully saturated rings. The average molecular weight is 280 g/mol. The Morgan fingerprint density at radius 2 is 1.89 bits per heavy atom. The normalized spacial score (nSPS) is 11.9. The van der Waals surface area contributed by atoms with E-state index in [9.17, 15) is 26.5 Å². The Labute approximate surface area is 101 Å². The molecule has 1 aromatic rings. The van der Waals surface area contributed by atoms with Gasteiger partial charge in [-0.05, 0) is 12.1 Å². The fraction of sp³-hybridized carbons (Fsp3) is 0.222. The van der Waals surface area contributed by atoms with Crippen LogP contribution in [0.4, 0.5) is 19.3 Å².